The van der Waals surface area contributed by atoms with E-state index >= 15 is 0 Å². The summed E-state index contributed by atoms with van der Waals surface area (Å²) in [6.45, 7) is 0. The molecule has 0 atom stereocenters. The number of aromatic nitrogens is 2. The summed E-state index contributed by atoms with van der Waals surface area (Å²) in [7, 11) is 0. The van der Waals surface area contributed by atoms with E-state index in [1.165, 1.54) is 5.37 Å². The van der Waals surface area contributed by atoms with Gasteiger partial charge in [-0.2, -0.15) is 0 Å². The summed E-state index contributed by atoms with van der Waals surface area (Å²) in [4.78, 5) is 8.22. The van der Waals surface area contributed by atoms with Crippen LogP contribution in [0.5, 0.6) is 0 Å². The van der Waals surface area contributed by atoms with Crippen LogP contribution in [0.2, 0.25) is 10.2 Å². The van der Waals surface area contributed by atoms with Crippen molar-refractivity contribution < 1.29 is 0 Å². The number of thiocarbonyl (C=S) groups is 1. The van der Waals surface area contributed by atoms with Crippen LogP contribution >= 0.6 is 35.4 Å². The maximum atomic E-state index is 5.87. The number of benzene rings is 1. The zero-order chi connectivity index (χ0) is 11.5. The molecule has 0 aliphatic heterocycles. The van der Waals surface area contributed by atoms with Crippen LogP contribution in [0.15, 0.2) is 30.3 Å². The second-order valence-electron chi connectivity index (χ2n) is 3.06. The van der Waals surface area contributed by atoms with Crippen molar-refractivity contribution in [1.82, 2.24) is 9.97 Å². The minimum atomic E-state index is 0.371. The molecule has 2 nitrogen and oxygen atoms in total. The van der Waals surface area contributed by atoms with Gasteiger partial charge in [0.1, 0.15) is 5.15 Å². The zero-order valence-electron chi connectivity index (χ0n) is 8.02. The molecule has 16 heavy (non-hydrogen) atoms. The molecular weight excluding hydrogens is 263 g/mol. The Morgan fingerprint density at radius 1 is 1.06 bits per heavy atom. The number of hydrogen-bond donors (Lipinski definition) is 0. The van der Waals surface area contributed by atoms with Crippen molar-refractivity contribution in [3.8, 4) is 11.3 Å². The molecule has 2 aromatic rings. The quantitative estimate of drug-likeness (QED) is 0.612. The third-order valence-electron chi connectivity index (χ3n) is 1.96. The van der Waals surface area contributed by atoms with Gasteiger partial charge in [-0.05, 0) is 12.1 Å². The Kier molecular flexibility index (Phi) is 3.49. The molecule has 0 aliphatic rings. The predicted octanol–water partition coefficient (Wildman–Crippen LogP) is 3.80. The summed E-state index contributed by atoms with van der Waals surface area (Å²) < 4.78 is 0. The lowest BCUT2D eigenvalue weighted by molar-refractivity contribution is 1.15. The van der Waals surface area contributed by atoms with Gasteiger partial charge in [-0.25, -0.2) is 9.97 Å². The largest absolute Gasteiger partial charge is 0.228 e. The van der Waals surface area contributed by atoms with E-state index in [1.54, 1.807) is 18.2 Å². The summed E-state index contributed by atoms with van der Waals surface area (Å²) in [6.07, 6.45) is 0. The summed E-state index contributed by atoms with van der Waals surface area (Å²) in [6, 6.07) is 9.02. The lowest BCUT2D eigenvalue weighted by atomic mass is 10.1. The summed E-state index contributed by atoms with van der Waals surface area (Å²) in [5.41, 5.74) is 1.65. The Morgan fingerprint density at radius 2 is 1.75 bits per heavy atom. The minimum absolute atomic E-state index is 0.371. The molecule has 0 N–H and O–H groups in total. The van der Waals surface area contributed by atoms with E-state index in [4.69, 9.17) is 35.4 Å². The van der Waals surface area contributed by atoms with E-state index < -0.39 is 0 Å². The Balaban J connectivity index is 2.51. The maximum Gasteiger partial charge on any atom is 0.164 e. The molecule has 0 unspecified atom stereocenters. The fourth-order valence-electron chi connectivity index (χ4n) is 1.26. The molecule has 80 valence electrons. The second kappa shape index (κ2) is 4.87. The van der Waals surface area contributed by atoms with E-state index in [0.29, 0.717) is 16.0 Å². The SMILES string of the molecule is S=Cc1nc(Cl)cc(-c2ccc(Cl)cc2)n1. The van der Waals surface area contributed by atoms with Crippen molar-refractivity contribution in [3.63, 3.8) is 0 Å². The topological polar surface area (TPSA) is 25.8 Å². The fourth-order valence-corrected chi connectivity index (χ4v) is 1.68. The van der Waals surface area contributed by atoms with Crippen LogP contribution in [-0.4, -0.2) is 15.3 Å². The molecule has 0 bridgehead atoms. The molecular formula is C11H6Cl2N2S. The molecule has 0 amide bonds. The molecule has 0 radical (unpaired) electrons. The Hall–Kier alpha value is -1.03. The highest BCUT2D eigenvalue weighted by atomic mass is 35.5. The zero-order valence-corrected chi connectivity index (χ0v) is 10.4. The van der Waals surface area contributed by atoms with E-state index in [2.05, 4.69) is 9.97 Å². The van der Waals surface area contributed by atoms with Crippen LogP contribution in [0, 0.1) is 0 Å². The summed E-state index contributed by atoms with van der Waals surface area (Å²) >= 11 is 16.5. The molecule has 0 fully saturated rings. The van der Waals surface area contributed by atoms with Gasteiger partial charge in [0.25, 0.3) is 0 Å². The first-order chi connectivity index (χ1) is 7.69. The Morgan fingerprint density at radius 3 is 2.38 bits per heavy atom. The first-order valence-electron chi connectivity index (χ1n) is 4.45. The first-order valence-corrected chi connectivity index (χ1v) is 5.67. The smallest absolute Gasteiger partial charge is 0.164 e. The first kappa shape index (κ1) is 11.5. The van der Waals surface area contributed by atoms with Crippen molar-refractivity contribution in [3.05, 3.63) is 46.3 Å². The molecule has 2 rings (SSSR count). The molecule has 1 aromatic heterocycles. The van der Waals surface area contributed by atoms with Crippen LogP contribution in [-0.2, 0) is 0 Å². The van der Waals surface area contributed by atoms with Crippen molar-refractivity contribution >= 4 is 40.8 Å². The highest BCUT2D eigenvalue weighted by Gasteiger charge is 2.03. The highest BCUT2D eigenvalue weighted by molar-refractivity contribution is 7.79. The van der Waals surface area contributed by atoms with Crippen LogP contribution in [0.3, 0.4) is 0 Å². The van der Waals surface area contributed by atoms with E-state index in [-0.39, 0.29) is 0 Å². The highest BCUT2D eigenvalue weighted by Crippen LogP contribution is 2.21. The van der Waals surface area contributed by atoms with Gasteiger partial charge in [-0.1, -0.05) is 47.6 Å². The van der Waals surface area contributed by atoms with Gasteiger partial charge in [0.05, 0.1) is 5.69 Å². The summed E-state index contributed by atoms with van der Waals surface area (Å²) in [5.74, 6) is 0.437. The van der Waals surface area contributed by atoms with Gasteiger partial charge >= 0.3 is 0 Å². The van der Waals surface area contributed by atoms with Gasteiger partial charge < -0.3 is 0 Å². The van der Waals surface area contributed by atoms with Gasteiger partial charge in [0.2, 0.25) is 0 Å². The van der Waals surface area contributed by atoms with Crippen LogP contribution < -0.4 is 0 Å². The maximum absolute atomic E-state index is 5.87. The number of halogens is 2. The van der Waals surface area contributed by atoms with Gasteiger partial charge in [0.15, 0.2) is 5.82 Å². The summed E-state index contributed by atoms with van der Waals surface area (Å²) in [5, 5.41) is 2.45. The van der Waals surface area contributed by atoms with Crippen LogP contribution in [0.1, 0.15) is 5.82 Å². The number of hydrogen-bond acceptors (Lipinski definition) is 3. The van der Waals surface area contributed by atoms with Crippen molar-refractivity contribution in [2.45, 2.75) is 0 Å². The standard InChI is InChI=1S/C11H6Cl2N2S/c12-8-3-1-7(2-4-8)9-5-10(13)15-11(6-16)14-9/h1-6H. The van der Waals surface area contributed by atoms with Gasteiger partial charge in [0, 0.05) is 22.0 Å². The minimum Gasteiger partial charge on any atom is -0.228 e. The molecule has 0 saturated carbocycles. The van der Waals surface area contributed by atoms with Crippen molar-refractivity contribution in [1.29, 1.82) is 0 Å². The third kappa shape index (κ3) is 2.55. The molecule has 0 saturated heterocycles. The van der Waals surface area contributed by atoms with Crippen LogP contribution in [0.4, 0.5) is 0 Å². The van der Waals surface area contributed by atoms with E-state index in [9.17, 15) is 0 Å². The molecule has 1 heterocycles. The predicted molar refractivity (Wildman–Crippen MR) is 70.2 cm³/mol. The van der Waals surface area contributed by atoms with Crippen molar-refractivity contribution in [2.24, 2.45) is 0 Å². The second-order valence-corrected chi connectivity index (χ2v) is 4.12. The Labute approximate surface area is 108 Å². The lowest BCUT2D eigenvalue weighted by Crippen LogP contribution is -1.94. The average molecular weight is 269 g/mol. The molecule has 5 heteroatoms. The average Bonchev–Trinajstić information content (AvgIpc) is 2.29. The Bertz CT molecular complexity index is 526. The van der Waals surface area contributed by atoms with E-state index in [0.717, 1.165) is 11.3 Å². The molecule has 1 aromatic carbocycles. The monoisotopic (exact) mass is 268 g/mol. The van der Waals surface area contributed by atoms with E-state index in [1.807, 2.05) is 12.1 Å². The van der Waals surface area contributed by atoms with Gasteiger partial charge in [-0.3, -0.25) is 0 Å². The normalized spacial score (nSPS) is 10.1. The fraction of sp³-hybridized carbons (Fsp3) is 0. The number of rotatable bonds is 2. The van der Waals surface area contributed by atoms with Gasteiger partial charge in [-0.15, -0.1) is 0 Å². The molecule has 0 spiro atoms. The third-order valence-corrected chi connectivity index (χ3v) is 2.61. The van der Waals surface area contributed by atoms with Crippen LogP contribution in [0.25, 0.3) is 11.3 Å². The van der Waals surface area contributed by atoms with Crippen molar-refractivity contribution in [2.75, 3.05) is 0 Å². The molecule has 0 aliphatic carbocycles. The number of nitrogens with zero attached hydrogens (tertiary/aromatic N) is 2. The lowest BCUT2D eigenvalue weighted by Gasteiger charge is -2.02.